The molecule has 0 fully saturated rings. The number of rotatable bonds is 7. The van der Waals surface area contributed by atoms with Crippen LogP contribution in [0.5, 0.6) is 11.5 Å². The molecule has 2 aromatic rings. The Bertz CT molecular complexity index is 886. The molecular formula is C17H15BrN2O7. The van der Waals surface area contributed by atoms with Gasteiger partial charge >= 0.3 is 5.97 Å². The number of non-ortho nitro benzene ring substituents is 1. The number of methoxy groups -OCH3 is 2. The highest BCUT2D eigenvalue weighted by molar-refractivity contribution is 9.10. The van der Waals surface area contributed by atoms with Gasteiger partial charge in [0.15, 0.2) is 18.1 Å². The normalized spacial score (nSPS) is 10.0. The van der Waals surface area contributed by atoms with Gasteiger partial charge in [0, 0.05) is 16.6 Å². The number of anilines is 1. The van der Waals surface area contributed by atoms with Crippen molar-refractivity contribution in [2.24, 2.45) is 0 Å². The van der Waals surface area contributed by atoms with Gasteiger partial charge in [0.1, 0.15) is 0 Å². The van der Waals surface area contributed by atoms with Crippen LogP contribution in [0, 0.1) is 10.1 Å². The van der Waals surface area contributed by atoms with Crippen molar-refractivity contribution in [3.8, 4) is 11.5 Å². The number of nitro benzene ring substituents is 1. The van der Waals surface area contributed by atoms with E-state index >= 15 is 0 Å². The van der Waals surface area contributed by atoms with E-state index in [9.17, 15) is 19.7 Å². The number of hydrogen-bond donors (Lipinski definition) is 1. The van der Waals surface area contributed by atoms with Gasteiger partial charge in [0.25, 0.3) is 11.6 Å². The van der Waals surface area contributed by atoms with Crippen LogP contribution in [-0.4, -0.2) is 37.6 Å². The van der Waals surface area contributed by atoms with E-state index in [1.165, 1.54) is 44.6 Å². The predicted octanol–water partition coefficient (Wildman–Crippen LogP) is 3.17. The number of carbonyl (C=O) groups excluding carboxylic acids is 2. The summed E-state index contributed by atoms with van der Waals surface area (Å²) in [6.07, 6.45) is 0. The fraction of sp³-hybridized carbons (Fsp3) is 0.176. The highest BCUT2D eigenvalue weighted by Crippen LogP contribution is 2.28. The van der Waals surface area contributed by atoms with Crippen LogP contribution in [-0.2, 0) is 9.53 Å². The summed E-state index contributed by atoms with van der Waals surface area (Å²) in [5.74, 6) is -0.506. The minimum absolute atomic E-state index is 0.125. The summed E-state index contributed by atoms with van der Waals surface area (Å²) >= 11 is 3.14. The number of benzene rings is 2. The predicted molar refractivity (Wildman–Crippen MR) is 99.3 cm³/mol. The number of esters is 1. The molecule has 0 radical (unpaired) electrons. The van der Waals surface area contributed by atoms with Crippen molar-refractivity contribution in [2.75, 3.05) is 26.1 Å². The first-order valence-corrected chi connectivity index (χ1v) is 8.28. The van der Waals surface area contributed by atoms with Crippen LogP contribution in [0.2, 0.25) is 0 Å². The summed E-state index contributed by atoms with van der Waals surface area (Å²) in [6.45, 7) is -0.531. The fourth-order valence-electron chi connectivity index (χ4n) is 2.08. The van der Waals surface area contributed by atoms with Crippen LogP contribution >= 0.6 is 15.9 Å². The maximum Gasteiger partial charge on any atom is 0.338 e. The third-order valence-corrected chi connectivity index (χ3v) is 4.05. The summed E-state index contributed by atoms with van der Waals surface area (Å²) in [5, 5.41) is 13.2. The van der Waals surface area contributed by atoms with Gasteiger partial charge in [-0.05, 0) is 40.2 Å². The number of ether oxygens (including phenoxy) is 3. The maximum absolute atomic E-state index is 12.1. The molecule has 0 saturated heterocycles. The highest BCUT2D eigenvalue weighted by atomic mass is 79.9. The fourth-order valence-corrected chi connectivity index (χ4v) is 2.55. The van der Waals surface area contributed by atoms with E-state index in [1.54, 1.807) is 6.07 Å². The van der Waals surface area contributed by atoms with Gasteiger partial charge in [-0.2, -0.15) is 0 Å². The molecule has 9 nitrogen and oxygen atoms in total. The molecule has 0 spiro atoms. The molecule has 2 rings (SSSR count). The zero-order valence-electron chi connectivity index (χ0n) is 14.4. The van der Waals surface area contributed by atoms with Crippen LogP contribution < -0.4 is 14.8 Å². The largest absolute Gasteiger partial charge is 0.493 e. The average molecular weight is 439 g/mol. The third kappa shape index (κ3) is 5.17. The minimum atomic E-state index is -0.714. The Hall–Kier alpha value is -3.14. The van der Waals surface area contributed by atoms with Gasteiger partial charge < -0.3 is 19.5 Å². The van der Waals surface area contributed by atoms with Crippen LogP contribution in [0.15, 0.2) is 40.9 Å². The van der Waals surface area contributed by atoms with Gasteiger partial charge in [-0.15, -0.1) is 0 Å². The third-order valence-electron chi connectivity index (χ3n) is 3.39. The average Bonchev–Trinajstić information content (AvgIpc) is 2.66. The minimum Gasteiger partial charge on any atom is -0.493 e. The zero-order chi connectivity index (χ0) is 20.0. The van der Waals surface area contributed by atoms with Crippen molar-refractivity contribution >= 4 is 39.2 Å². The van der Waals surface area contributed by atoms with E-state index in [4.69, 9.17) is 14.2 Å². The Morgan fingerprint density at radius 2 is 1.81 bits per heavy atom. The number of carbonyl (C=O) groups is 2. The lowest BCUT2D eigenvalue weighted by molar-refractivity contribution is -0.384. The monoisotopic (exact) mass is 438 g/mol. The SMILES string of the molecule is COc1ccc(C(=O)OCC(=O)Nc2ccc([N+](=O)[O-])cc2Br)cc1OC. The van der Waals surface area contributed by atoms with Crippen molar-refractivity contribution < 1.29 is 28.7 Å². The lowest BCUT2D eigenvalue weighted by Gasteiger charge is -2.10. The Kier molecular flexibility index (Phi) is 6.72. The molecule has 0 atom stereocenters. The maximum atomic E-state index is 12.1. The van der Waals surface area contributed by atoms with Gasteiger partial charge in [-0.3, -0.25) is 14.9 Å². The molecule has 1 N–H and O–H groups in total. The number of nitro groups is 1. The van der Waals surface area contributed by atoms with E-state index in [1.807, 2.05) is 0 Å². The first-order valence-electron chi connectivity index (χ1n) is 7.48. The number of hydrogen-bond acceptors (Lipinski definition) is 7. The van der Waals surface area contributed by atoms with Gasteiger partial charge in [-0.25, -0.2) is 4.79 Å². The van der Waals surface area contributed by atoms with E-state index in [-0.39, 0.29) is 11.3 Å². The van der Waals surface area contributed by atoms with E-state index in [0.717, 1.165) is 0 Å². The first kappa shape index (κ1) is 20.2. The Balaban J connectivity index is 1.97. The smallest absolute Gasteiger partial charge is 0.338 e. The quantitative estimate of drug-likeness (QED) is 0.400. The van der Waals surface area contributed by atoms with Crippen molar-refractivity contribution in [3.63, 3.8) is 0 Å². The molecule has 0 aliphatic heterocycles. The summed E-state index contributed by atoms with van der Waals surface area (Å²) in [4.78, 5) is 34.2. The summed E-state index contributed by atoms with van der Waals surface area (Å²) in [5.41, 5.74) is 0.379. The molecule has 10 heteroatoms. The number of halogens is 1. The molecule has 0 aromatic heterocycles. The van der Waals surface area contributed by atoms with E-state index in [2.05, 4.69) is 21.2 Å². The van der Waals surface area contributed by atoms with Gasteiger partial charge in [0.2, 0.25) is 0 Å². The van der Waals surface area contributed by atoms with Crippen molar-refractivity contribution in [1.29, 1.82) is 0 Å². The summed E-state index contributed by atoms with van der Waals surface area (Å²) < 4.78 is 15.5. The molecule has 1 amide bonds. The Morgan fingerprint density at radius 3 is 2.41 bits per heavy atom. The second kappa shape index (κ2) is 8.99. The molecule has 0 bridgehead atoms. The Labute approximate surface area is 162 Å². The van der Waals surface area contributed by atoms with Crippen molar-refractivity contribution in [1.82, 2.24) is 0 Å². The lowest BCUT2D eigenvalue weighted by Crippen LogP contribution is -2.21. The van der Waals surface area contributed by atoms with Crippen molar-refractivity contribution in [3.05, 3.63) is 56.5 Å². The molecule has 142 valence electrons. The molecule has 0 saturated carbocycles. The summed E-state index contributed by atoms with van der Waals surface area (Å²) in [6, 6.07) is 8.33. The van der Waals surface area contributed by atoms with Crippen LogP contribution in [0.1, 0.15) is 10.4 Å². The van der Waals surface area contributed by atoms with Crippen LogP contribution in [0.25, 0.3) is 0 Å². The molecule has 27 heavy (non-hydrogen) atoms. The standard InChI is InChI=1S/C17H15BrN2O7/c1-25-14-6-3-10(7-15(14)26-2)17(22)27-9-16(21)19-13-5-4-11(20(23)24)8-12(13)18/h3-8H,9H2,1-2H3,(H,19,21). The topological polar surface area (TPSA) is 117 Å². The molecule has 0 aliphatic rings. The molecular weight excluding hydrogens is 424 g/mol. The van der Waals surface area contributed by atoms with Gasteiger partial charge in [-0.1, -0.05) is 0 Å². The molecule has 0 unspecified atom stereocenters. The molecule has 0 heterocycles. The number of nitrogens with zero attached hydrogens (tertiary/aromatic N) is 1. The van der Waals surface area contributed by atoms with Crippen molar-refractivity contribution in [2.45, 2.75) is 0 Å². The zero-order valence-corrected chi connectivity index (χ0v) is 15.9. The second-order valence-corrected chi connectivity index (χ2v) is 5.97. The van der Waals surface area contributed by atoms with Gasteiger partial charge in [0.05, 0.1) is 30.4 Å². The van der Waals surface area contributed by atoms with Crippen LogP contribution in [0.3, 0.4) is 0 Å². The summed E-state index contributed by atoms with van der Waals surface area (Å²) in [7, 11) is 2.90. The first-order chi connectivity index (χ1) is 12.8. The molecule has 0 aliphatic carbocycles. The Morgan fingerprint density at radius 1 is 1.11 bits per heavy atom. The second-order valence-electron chi connectivity index (χ2n) is 5.12. The highest BCUT2D eigenvalue weighted by Gasteiger charge is 2.15. The van der Waals surface area contributed by atoms with Crippen LogP contribution in [0.4, 0.5) is 11.4 Å². The number of amides is 1. The van der Waals surface area contributed by atoms with E-state index in [0.29, 0.717) is 21.7 Å². The number of nitrogens with one attached hydrogen (secondary N) is 1. The lowest BCUT2D eigenvalue weighted by atomic mass is 10.2. The van der Waals surface area contributed by atoms with E-state index < -0.39 is 23.4 Å². The molecule has 2 aromatic carbocycles.